The first-order chi connectivity index (χ1) is 6.00. The molecule has 0 amide bonds. The lowest BCUT2D eigenvalue weighted by molar-refractivity contribution is -0.303. The van der Waals surface area contributed by atoms with Crippen molar-refractivity contribution in [2.45, 2.75) is 17.8 Å². The first-order valence-corrected chi connectivity index (χ1v) is 2.90. The van der Waals surface area contributed by atoms with E-state index in [9.17, 15) is 39.9 Å². The predicted octanol–water partition coefficient (Wildman–Crippen LogP) is 2.36. The van der Waals surface area contributed by atoms with Crippen LogP contribution in [0.25, 0.3) is 0 Å². The molecule has 84 valence electrons. The van der Waals surface area contributed by atoms with Crippen molar-refractivity contribution < 1.29 is 39.9 Å². The molecule has 0 aromatic rings. The highest BCUT2D eigenvalue weighted by atomic mass is 19.4. The lowest BCUT2D eigenvalue weighted by atomic mass is 10.1. The molecule has 0 rings (SSSR count). The summed E-state index contributed by atoms with van der Waals surface area (Å²) in [4.78, 5) is 9.32. The summed E-state index contributed by atoms with van der Waals surface area (Å²) in [6, 6.07) is -3.95. The quantitative estimate of drug-likeness (QED) is 0.535. The molecular formula is C5H2F8O. The molecule has 0 spiro atoms. The van der Waals surface area contributed by atoms with E-state index in [-0.39, 0.29) is 0 Å². The standard InChI is InChI=1S/C5H2F8O/c6-1-3(8,9)5(12,13)4(10,11)2(7)14/h1H2. The fraction of sp³-hybridized carbons (Fsp3) is 0.800. The summed E-state index contributed by atoms with van der Waals surface area (Å²) in [7, 11) is 0. The highest BCUT2D eigenvalue weighted by Crippen LogP contribution is 2.46. The summed E-state index contributed by atoms with van der Waals surface area (Å²) >= 11 is 0. The Kier molecular flexibility index (Phi) is 3.14. The van der Waals surface area contributed by atoms with Crippen LogP contribution in [0.4, 0.5) is 35.1 Å². The number of carbonyl (C=O) groups is 1. The summed E-state index contributed by atoms with van der Waals surface area (Å²) < 4.78 is 94.1. The number of halogens is 8. The molecule has 14 heavy (non-hydrogen) atoms. The lowest BCUT2D eigenvalue weighted by Crippen LogP contribution is -2.58. The Bertz CT molecular complexity index is 234. The van der Waals surface area contributed by atoms with Crippen molar-refractivity contribution in [3.05, 3.63) is 0 Å². The molecule has 0 atom stereocenters. The van der Waals surface area contributed by atoms with Crippen molar-refractivity contribution >= 4 is 6.04 Å². The van der Waals surface area contributed by atoms with Crippen LogP contribution < -0.4 is 0 Å². The second-order valence-corrected chi connectivity index (χ2v) is 2.26. The molecule has 0 aliphatic heterocycles. The molecular weight excluding hydrogens is 228 g/mol. The minimum atomic E-state index is -6.40. The molecule has 0 bridgehead atoms. The van der Waals surface area contributed by atoms with Crippen LogP contribution in [0.2, 0.25) is 0 Å². The zero-order valence-electron chi connectivity index (χ0n) is 6.14. The van der Waals surface area contributed by atoms with Crippen LogP contribution in [0.1, 0.15) is 0 Å². The number of rotatable bonds is 4. The minimum Gasteiger partial charge on any atom is -0.254 e. The normalized spacial score (nSPS) is 14.3. The van der Waals surface area contributed by atoms with Gasteiger partial charge in [0.1, 0.15) is 0 Å². The largest absolute Gasteiger partial charge is 0.404 e. The van der Waals surface area contributed by atoms with Crippen molar-refractivity contribution in [2.24, 2.45) is 0 Å². The average Bonchev–Trinajstić information content (AvgIpc) is 2.03. The molecule has 0 fully saturated rings. The van der Waals surface area contributed by atoms with Crippen LogP contribution in [0.15, 0.2) is 0 Å². The Morgan fingerprint density at radius 3 is 1.57 bits per heavy atom. The topological polar surface area (TPSA) is 17.1 Å². The van der Waals surface area contributed by atoms with Gasteiger partial charge in [0.25, 0.3) is 0 Å². The molecule has 9 heteroatoms. The molecule has 1 nitrogen and oxygen atoms in total. The maximum atomic E-state index is 12.0. The summed E-state index contributed by atoms with van der Waals surface area (Å²) in [6.45, 7) is -3.14. The number of alkyl halides is 7. The van der Waals surface area contributed by atoms with Crippen LogP contribution in [-0.4, -0.2) is 30.5 Å². The van der Waals surface area contributed by atoms with Gasteiger partial charge >= 0.3 is 23.8 Å². The number of carbonyl (C=O) groups excluding carboxylic acids is 1. The third-order valence-electron chi connectivity index (χ3n) is 1.27. The molecule has 0 saturated carbocycles. The van der Waals surface area contributed by atoms with Crippen molar-refractivity contribution in [3.63, 3.8) is 0 Å². The van der Waals surface area contributed by atoms with Gasteiger partial charge in [0, 0.05) is 0 Å². The van der Waals surface area contributed by atoms with Gasteiger partial charge in [0.15, 0.2) is 6.67 Å². The van der Waals surface area contributed by atoms with E-state index in [1.54, 1.807) is 0 Å². The van der Waals surface area contributed by atoms with E-state index in [1.807, 2.05) is 0 Å². The van der Waals surface area contributed by atoms with Crippen molar-refractivity contribution in [1.82, 2.24) is 0 Å². The summed E-state index contributed by atoms with van der Waals surface area (Å²) in [5.41, 5.74) is 0. The Morgan fingerprint density at radius 1 is 1.00 bits per heavy atom. The van der Waals surface area contributed by atoms with Gasteiger partial charge in [0.05, 0.1) is 0 Å². The second-order valence-electron chi connectivity index (χ2n) is 2.26. The Morgan fingerprint density at radius 2 is 1.36 bits per heavy atom. The SMILES string of the molecule is O=C(F)C(F)(F)C(F)(F)C(F)(F)CF. The first kappa shape index (κ1) is 13.1. The zero-order valence-corrected chi connectivity index (χ0v) is 6.14. The van der Waals surface area contributed by atoms with Crippen molar-refractivity contribution in [3.8, 4) is 0 Å². The molecule has 0 saturated heterocycles. The summed E-state index contributed by atoms with van der Waals surface area (Å²) in [6.07, 6.45) is 0. The maximum Gasteiger partial charge on any atom is 0.404 e. The molecule has 0 aromatic heterocycles. The number of hydrogen-bond acceptors (Lipinski definition) is 1. The van der Waals surface area contributed by atoms with Crippen LogP contribution in [0.3, 0.4) is 0 Å². The predicted molar refractivity (Wildman–Crippen MR) is 26.9 cm³/mol. The smallest absolute Gasteiger partial charge is 0.254 e. The maximum absolute atomic E-state index is 12.0. The van der Waals surface area contributed by atoms with Crippen molar-refractivity contribution in [2.75, 3.05) is 6.67 Å². The van der Waals surface area contributed by atoms with E-state index in [1.165, 1.54) is 0 Å². The molecule has 0 aliphatic rings. The Labute approximate surface area is 71.7 Å². The fourth-order valence-electron chi connectivity index (χ4n) is 0.437. The average molecular weight is 230 g/mol. The van der Waals surface area contributed by atoms with E-state index in [0.717, 1.165) is 0 Å². The Hall–Kier alpha value is -0.890. The van der Waals surface area contributed by atoms with E-state index in [2.05, 4.69) is 0 Å². The van der Waals surface area contributed by atoms with E-state index < -0.39 is 30.5 Å². The van der Waals surface area contributed by atoms with Gasteiger partial charge < -0.3 is 0 Å². The zero-order chi connectivity index (χ0) is 11.8. The molecule has 0 N–H and O–H groups in total. The van der Waals surface area contributed by atoms with Gasteiger partial charge in [-0.1, -0.05) is 0 Å². The van der Waals surface area contributed by atoms with Gasteiger partial charge in [-0.15, -0.1) is 0 Å². The van der Waals surface area contributed by atoms with Crippen molar-refractivity contribution in [1.29, 1.82) is 0 Å². The second kappa shape index (κ2) is 3.35. The van der Waals surface area contributed by atoms with Gasteiger partial charge in [-0.3, -0.25) is 4.79 Å². The molecule has 0 radical (unpaired) electrons. The first-order valence-electron chi connectivity index (χ1n) is 2.90. The highest BCUT2D eigenvalue weighted by molar-refractivity contribution is 5.77. The lowest BCUT2D eigenvalue weighted by Gasteiger charge is -2.28. The van der Waals surface area contributed by atoms with Gasteiger partial charge in [-0.05, 0) is 0 Å². The van der Waals surface area contributed by atoms with Crippen LogP contribution in [0, 0.1) is 0 Å². The molecule has 0 aliphatic carbocycles. The van der Waals surface area contributed by atoms with Crippen LogP contribution in [-0.2, 0) is 4.79 Å². The molecule has 0 aromatic carbocycles. The fourth-order valence-corrected chi connectivity index (χ4v) is 0.437. The number of hydrogen-bond donors (Lipinski definition) is 0. The molecule has 0 unspecified atom stereocenters. The van der Waals surface area contributed by atoms with Crippen LogP contribution in [0.5, 0.6) is 0 Å². The third kappa shape index (κ3) is 1.67. The summed E-state index contributed by atoms with van der Waals surface area (Å²) in [5.74, 6) is -18.5. The van der Waals surface area contributed by atoms with E-state index in [0.29, 0.717) is 0 Å². The monoisotopic (exact) mass is 230 g/mol. The van der Waals surface area contributed by atoms with Gasteiger partial charge in [-0.2, -0.15) is 30.7 Å². The molecule has 0 heterocycles. The summed E-state index contributed by atoms with van der Waals surface area (Å²) in [5, 5.41) is 0. The van der Waals surface area contributed by atoms with E-state index in [4.69, 9.17) is 0 Å². The third-order valence-corrected chi connectivity index (χ3v) is 1.27. The Balaban J connectivity index is 5.24. The van der Waals surface area contributed by atoms with E-state index >= 15 is 0 Å². The highest BCUT2D eigenvalue weighted by Gasteiger charge is 2.75. The van der Waals surface area contributed by atoms with Gasteiger partial charge in [-0.25, -0.2) is 4.39 Å². The minimum absolute atomic E-state index is 3.14. The van der Waals surface area contributed by atoms with Gasteiger partial charge in [0.2, 0.25) is 0 Å². The van der Waals surface area contributed by atoms with Crippen LogP contribution >= 0.6 is 0 Å².